The monoisotopic (exact) mass is 309 g/mol. The zero-order valence-electron chi connectivity index (χ0n) is 10.2. The van der Waals surface area contributed by atoms with Gasteiger partial charge in [-0.3, -0.25) is 0 Å². The average molecular weight is 310 g/mol. The number of hydrogen-bond acceptors (Lipinski definition) is 2. The van der Waals surface area contributed by atoms with Gasteiger partial charge in [0.2, 0.25) is 10.0 Å². The van der Waals surface area contributed by atoms with Crippen molar-refractivity contribution in [2.45, 2.75) is 30.2 Å². The summed E-state index contributed by atoms with van der Waals surface area (Å²) in [7, 11) is -3.96. The number of halogens is 3. The van der Waals surface area contributed by atoms with Crippen molar-refractivity contribution in [1.82, 2.24) is 4.31 Å². The Hall–Kier alpha value is -0.720. The van der Waals surface area contributed by atoms with Crippen molar-refractivity contribution in [3.63, 3.8) is 0 Å². The van der Waals surface area contributed by atoms with Crippen LogP contribution in [0.3, 0.4) is 0 Å². The number of sulfonamides is 1. The molecule has 0 radical (unpaired) electrons. The van der Waals surface area contributed by atoms with Crippen LogP contribution in [0.25, 0.3) is 0 Å². The van der Waals surface area contributed by atoms with Crippen molar-refractivity contribution < 1.29 is 17.2 Å². The Balaban J connectivity index is 2.40. The van der Waals surface area contributed by atoms with E-state index in [0.717, 1.165) is 25.0 Å². The van der Waals surface area contributed by atoms with Gasteiger partial charge >= 0.3 is 0 Å². The molecule has 2 rings (SSSR count). The summed E-state index contributed by atoms with van der Waals surface area (Å²) in [6, 6.07) is 2.15. The molecule has 1 heterocycles. The Kier molecular flexibility index (Phi) is 4.43. The maximum Gasteiger partial charge on any atom is 0.246 e. The van der Waals surface area contributed by atoms with Gasteiger partial charge in [0.25, 0.3) is 0 Å². The zero-order valence-corrected chi connectivity index (χ0v) is 11.7. The second-order valence-electron chi connectivity index (χ2n) is 4.49. The maximum atomic E-state index is 13.7. The van der Waals surface area contributed by atoms with Crippen LogP contribution >= 0.6 is 11.6 Å². The third kappa shape index (κ3) is 2.90. The first-order valence-corrected chi connectivity index (χ1v) is 7.97. The Morgan fingerprint density at radius 1 is 1.32 bits per heavy atom. The molecule has 0 aromatic heterocycles. The molecule has 0 saturated carbocycles. The van der Waals surface area contributed by atoms with E-state index in [1.54, 1.807) is 0 Å². The highest BCUT2D eigenvalue weighted by Gasteiger charge is 2.34. The van der Waals surface area contributed by atoms with Gasteiger partial charge in [0, 0.05) is 24.5 Å². The van der Waals surface area contributed by atoms with Gasteiger partial charge in [0.1, 0.15) is 16.5 Å². The van der Waals surface area contributed by atoms with Crippen LogP contribution in [0.2, 0.25) is 0 Å². The second kappa shape index (κ2) is 5.73. The molecule has 0 aliphatic carbocycles. The lowest BCUT2D eigenvalue weighted by Crippen LogP contribution is -2.44. The molecule has 0 spiro atoms. The summed E-state index contributed by atoms with van der Waals surface area (Å²) in [5.74, 6) is -1.70. The SMILES string of the molecule is O=S(=O)(c1ccc(F)cc1F)N1CCCCC1CCl. The summed E-state index contributed by atoms with van der Waals surface area (Å²) in [4.78, 5) is -0.495. The molecule has 3 nitrogen and oxygen atoms in total. The smallest absolute Gasteiger partial charge is 0.207 e. The van der Waals surface area contributed by atoms with Crippen molar-refractivity contribution in [2.75, 3.05) is 12.4 Å². The van der Waals surface area contributed by atoms with Crippen LogP contribution in [0.1, 0.15) is 19.3 Å². The van der Waals surface area contributed by atoms with E-state index in [2.05, 4.69) is 0 Å². The molecule has 1 aliphatic heterocycles. The van der Waals surface area contributed by atoms with E-state index in [9.17, 15) is 17.2 Å². The third-order valence-corrected chi connectivity index (χ3v) is 5.57. The molecular formula is C12H14ClF2NO2S. The fraction of sp³-hybridized carbons (Fsp3) is 0.500. The van der Waals surface area contributed by atoms with E-state index in [0.29, 0.717) is 19.0 Å². The Morgan fingerprint density at radius 2 is 2.05 bits per heavy atom. The van der Waals surface area contributed by atoms with Gasteiger partial charge in [-0.25, -0.2) is 17.2 Å². The van der Waals surface area contributed by atoms with Crippen LogP contribution < -0.4 is 0 Å². The molecule has 0 bridgehead atoms. The van der Waals surface area contributed by atoms with Crippen LogP contribution in [0.5, 0.6) is 0 Å². The van der Waals surface area contributed by atoms with Crippen LogP contribution in [0.4, 0.5) is 8.78 Å². The molecule has 1 aliphatic rings. The minimum atomic E-state index is -3.96. The summed E-state index contributed by atoms with van der Waals surface area (Å²) in [6.07, 6.45) is 2.27. The van der Waals surface area contributed by atoms with Crippen LogP contribution in [-0.4, -0.2) is 31.2 Å². The lowest BCUT2D eigenvalue weighted by Gasteiger charge is -2.33. The molecule has 0 amide bonds. The zero-order chi connectivity index (χ0) is 14.0. The molecule has 0 N–H and O–H groups in total. The van der Waals surface area contributed by atoms with E-state index < -0.39 is 26.6 Å². The molecular weight excluding hydrogens is 296 g/mol. The van der Waals surface area contributed by atoms with Gasteiger partial charge < -0.3 is 0 Å². The summed E-state index contributed by atoms with van der Waals surface area (Å²) >= 11 is 5.77. The van der Waals surface area contributed by atoms with Crippen molar-refractivity contribution in [2.24, 2.45) is 0 Å². The number of benzene rings is 1. The van der Waals surface area contributed by atoms with Crippen molar-refractivity contribution in [3.05, 3.63) is 29.8 Å². The van der Waals surface area contributed by atoms with E-state index in [4.69, 9.17) is 11.6 Å². The van der Waals surface area contributed by atoms with E-state index >= 15 is 0 Å². The molecule has 106 valence electrons. The van der Waals surface area contributed by atoms with Crippen LogP contribution in [-0.2, 0) is 10.0 Å². The van der Waals surface area contributed by atoms with Crippen molar-refractivity contribution >= 4 is 21.6 Å². The predicted molar refractivity (Wildman–Crippen MR) is 68.6 cm³/mol. The number of alkyl halides is 1. The first kappa shape index (κ1) is 14.7. The molecule has 1 fully saturated rings. The standard InChI is InChI=1S/C12H14ClF2NO2S/c13-8-10-3-1-2-6-16(10)19(17,18)12-5-4-9(14)7-11(12)15/h4-5,7,10H,1-3,6,8H2. The molecule has 1 atom stereocenters. The van der Waals surface area contributed by atoms with E-state index in [1.807, 2.05) is 0 Å². The number of rotatable bonds is 3. The van der Waals surface area contributed by atoms with Gasteiger partial charge in [-0.1, -0.05) is 6.42 Å². The van der Waals surface area contributed by atoms with Crippen LogP contribution in [0.15, 0.2) is 23.1 Å². The maximum absolute atomic E-state index is 13.7. The molecule has 1 saturated heterocycles. The third-order valence-electron chi connectivity index (χ3n) is 3.23. The minimum Gasteiger partial charge on any atom is -0.207 e. The summed E-state index contributed by atoms with van der Waals surface area (Å²) < 4.78 is 52.5. The highest BCUT2D eigenvalue weighted by molar-refractivity contribution is 7.89. The molecule has 1 aromatic rings. The highest BCUT2D eigenvalue weighted by atomic mass is 35.5. The van der Waals surface area contributed by atoms with Gasteiger partial charge in [0.05, 0.1) is 0 Å². The quantitative estimate of drug-likeness (QED) is 0.805. The largest absolute Gasteiger partial charge is 0.246 e. The van der Waals surface area contributed by atoms with Crippen molar-refractivity contribution in [1.29, 1.82) is 0 Å². The van der Waals surface area contributed by atoms with Crippen molar-refractivity contribution in [3.8, 4) is 0 Å². The highest BCUT2D eigenvalue weighted by Crippen LogP contribution is 2.27. The fourth-order valence-corrected chi connectivity index (χ4v) is 4.40. The molecule has 1 aromatic carbocycles. The number of piperidine rings is 1. The Morgan fingerprint density at radius 3 is 2.68 bits per heavy atom. The normalized spacial score (nSPS) is 21.5. The molecule has 7 heteroatoms. The minimum absolute atomic E-state index is 0.169. The number of hydrogen-bond donors (Lipinski definition) is 0. The Bertz CT molecular complexity index is 565. The first-order valence-electron chi connectivity index (χ1n) is 5.99. The van der Waals surface area contributed by atoms with E-state index in [1.165, 1.54) is 4.31 Å². The summed E-state index contributed by atoms with van der Waals surface area (Å²) in [5, 5.41) is 0. The first-order chi connectivity index (χ1) is 8.96. The Labute approximate surface area is 116 Å². The summed E-state index contributed by atoms with van der Waals surface area (Å²) in [6.45, 7) is 0.316. The van der Waals surface area contributed by atoms with Gasteiger partial charge in [-0.15, -0.1) is 11.6 Å². The molecule has 1 unspecified atom stereocenters. The average Bonchev–Trinajstić information content (AvgIpc) is 2.38. The molecule has 19 heavy (non-hydrogen) atoms. The van der Waals surface area contributed by atoms with Crippen LogP contribution in [0, 0.1) is 11.6 Å². The topological polar surface area (TPSA) is 37.4 Å². The predicted octanol–water partition coefficient (Wildman–Crippen LogP) is 2.75. The lowest BCUT2D eigenvalue weighted by atomic mass is 10.1. The van der Waals surface area contributed by atoms with Gasteiger partial charge in [0.15, 0.2) is 0 Å². The summed E-state index contributed by atoms with van der Waals surface area (Å²) in [5.41, 5.74) is 0. The van der Waals surface area contributed by atoms with E-state index in [-0.39, 0.29) is 11.9 Å². The fourth-order valence-electron chi connectivity index (χ4n) is 2.26. The number of nitrogens with zero attached hydrogens (tertiary/aromatic N) is 1. The van der Waals surface area contributed by atoms with Gasteiger partial charge in [-0.05, 0) is 25.0 Å². The second-order valence-corrected chi connectivity index (χ2v) is 6.66. The lowest BCUT2D eigenvalue weighted by molar-refractivity contribution is 0.270. The van der Waals surface area contributed by atoms with Gasteiger partial charge in [-0.2, -0.15) is 4.31 Å².